The van der Waals surface area contributed by atoms with E-state index in [2.05, 4.69) is 54.9 Å². The fraction of sp³-hybridized carbons (Fsp3) is 0.280. The summed E-state index contributed by atoms with van der Waals surface area (Å²) in [5.74, 6) is 0.217. The first kappa shape index (κ1) is 19.8. The number of hydrogen-bond acceptors (Lipinski definition) is 2. The predicted octanol–water partition coefficient (Wildman–Crippen LogP) is 6.19. The molecule has 3 rings (SSSR count). The molecule has 0 atom stereocenters. The fourth-order valence-electron chi connectivity index (χ4n) is 3.44. The van der Waals surface area contributed by atoms with Crippen LogP contribution in [0.1, 0.15) is 50.0 Å². The summed E-state index contributed by atoms with van der Waals surface area (Å²) in [6.07, 6.45) is 3.57. The number of Topliss-reactive ketones (excluding diaryl/α,β-unsaturated/α-hetero) is 1. The number of nitrogens with one attached hydrogen (secondary N) is 1. The van der Waals surface area contributed by atoms with Gasteiger partial charge in [0.2, 0.25) is 0 Å². The average Bonchev–Trinajstić information content (AvgIpc) is 3.12. The highest BCUT2D eigenvalue weighted by molar-refractivity contribution is 5.85. The molecule has 0 aliphatic heterocycles. The molecule has 3 aromatic rings. The van der Waals surface area contributed by atoms with E-state index in [1.165, 1.54) is 11.1 Å². The third-order valence-corrected chi connectivity index (χ3v) is 4.98. The normalized spacial score (nSPS) is 10.8. The van der Waals surface area contributed by atoms with Crippen molar-refractivity contribution in [3.8, 4) is 11.3 Å². The van der Waals surface area contributed by atoms with Gasteiger partial charge < -0.3 is 0 Å². The zero-order valence-corrected chi connectivity index (χ0v) is 16.8. The summed E-state index contributed by atoms with van der Waals surface area (Å²) in [4.78, 5) is 12.7. The average molecular weight is 375 g/mol. The molecular weight excluding hydrogens is 344 g/mol. The van der Waals surface area contributed by atoms with Crippen LogP contribution in [-0.2, 0) is 17.6 Å². The minimum absolute atomic E-state index is 0. The lowest BCUT2D eigenvalue weighted by molar-refractivity contribution is -0.118. The second kappa shape index (κ2) is 9.32. The zero-order chi connectivity index (χ0) is 19.9. The topological polar surface area (TPSA) is 45.8 Å². The first-order valence-corrected chi connectivity index (χ1v) is 9.96. The summed E-state index contributed by atoms with van der Waals surface area (Å²) in [5.41, 5.74) is 7.30. The Morgan fingerprint density at radius 2 is 1.79 bits per heavy atom. The van der Waals surface area contributed by atoms with Crippen molar-refractivity contribution in [1.29, 1.82) is 0 Å². The molecule has 0 bridgehead atoms. The predicted molar refractivity (Wildman–Crippen MR) is 118 cm³/mol. The van der Waals surface area contributed by atoms with Gasteiger partial charge >= 0.3 is 0 Å². The van der Waals surface area contributed by atoms with Gasteiger partial charge in [-0.15, -0.1) is 0 Å². The van der Waals surface area contributed by atoms with Gasteiger partial charge in [-0.1, -0.05) is 80.1 Å². The molecule has 0 aliphatic carbocycles. The molecule has 1 aromatic heterocycles. The largest absolute Gasteiger partial charge is 0.299 e. The van der Waals surface area contributed by atoms with E-state index in [0.29, 0.717) is 12.8 Å². The molecule has 0 saturated heterocycles. The van der Waals surface area contributed by atoms with Crippen LogP contribution in [0.5, 0.6) is 0 Å². The van der Waals surface area contributed by atoms with E-state index < -0.39 is 0 Å². The Hall–Kier alpha value is -2.94. The lowest BCUT2D eigenvalue weighted by Gasteiger charge is -2.09. The van der Waals surface area contributed by atoms with Gasteiger partial charge in [0.05, 0.1) is 11.4 Å². The Kier molecular flexibility index (Phi) is 6.59. The molecular formula is C25H30N2O. The molecule has 0 spiro atoms. The Balaban J connectivity index is 0.00000300. The van der Waals surface area contributed by atoms with E-state index >= 15 is 0 Å². The van der Waals surface area contributed by atoms with Crippen molar-refractivity contribution in [3.05, 3.63) is 83.6 Å². The van der Waals surface area contributed by atoms with Crippen molar-refractivity contribution < 1.29 is 6.22 Å². The summed E-state index contributed by atoms with van der Waals surface area (Å²) in [6.45, 7) is 8.48. The maximum Gasteiger partial charge on any atom is 0.139 e. The van der Waals surface area contributed by atoms with Crippen LogP contribution in [0.4, 0.5) is 0 Å². The van der Waals surface area contributed by atoms with Crippen LogP contribution in [0.25, 0.3) is 16.8 Å². The second-order valence-corrected chi connectivity index (χ2v) is 7.35. The van der Waals surface area contributed by atoms with Crippen molar-refractivity contribution in [2.24, 2.45) is 0 Å². The smallest absolute Gasteiger partial charge is 0.139 e. The molecule has 2 aromatic carbocycles. The van der Waals surface area contributed by atoms with Gasteiger partial charge in [-0.3, -0.25) is 9.89 Å². The lowest BCUT2D eigenvalue weighted by atomic mass is 9.94. The Morgan fingerprint density at radius 1 is 1.07 bits per heavy atom. The highest BCUT2D eigenvalue weighted by atomic mass is 16.1. The molecule has 0 aliphatic rings. The number of nitrogens with zero attached hydrogens (tertiary/aromatic N) is 1. The van der Waals surface area contributed by atoms with E-state index in [0.717, 1.165) is 47.4 Å². The third-order valence-electron chi connectivity index (χ3n) is 4.98. The minimum atomic E-state index is 0. The molecule has 0 unspecified atom stereocenters. The van der Waals surface area contributed by atoms with Crippen LogP contribution in [0.3, 0.4) is 0 Å². The molecule has 0 radical (unpaired) electrons. The molecule has 0 fully saturated rings. The van der Waals surface area contributed by atoms with Gasteiger partial charge in [-0.05, 0) is 30.9 Å². The maximum atomic E-state index is 12.7. The monoisotopic (exact) mass is 374 g/mol. The van der Waals surface area contributed by atoms with Crippen molar-refractivity contribution >= 4 is 11.4 Å². The van der Waals surface area contributed by atoms with E-state index in [-0.39, 0.29) is 7.21 Å². The summed E-state index contributed by atoms with van der Waals surface area (Å²) in [7, 11) is 0. The summed E-state index contributed by atoms with van der Waals surface area (Å²) >= 11 is 0. The van der Waals surface area contributed by atoms with Crippen LogP contribution in [-0.4, -0.2) is 16.0 Å². The molecule has 28 heavy (non-hydrogen) atoms. The number of aromatic nitrogens is 2. The van der Waals surface area contributed by atoms with E-state index in [4.69, 9.17) is 0 Å². The number of hydrogen-bond donors (Lipinski definition) is 1. The molecule has 1 heterocycles. The molecule has 146 valence electrons. The molecule has 0 saturated carbocycles. The van der Waals surface area contributed by atoms with Gasteiger partial charge in [0.1, 0.15) is 5.78 Å². The number of benzene rings is 2. The fourth-order valence-corrected chi connectivity index (χ4v) is 3.44. The standard InChI is InChI=1S/C25H28N2O.H2/c1-4-8-19(3)24-23(26-27-25(24)21-9-6-5-7-10-21)17-22(28)16-15-20-13-11-18(2)12-14-20;/h5-7,9-14H,3-4,8,15-17H2,1-2H3,(H,26,27);1H. The molecule has 1 N–H and O–H groups in total. The van der Waals surface area contributed by atoms with Crippen molar-refractivity contribution in [3.63, 3.8) is 0 Å². The van der Waals surface area contributed by atoms with Crippen molar-refractivity contribution in [1.82, 2.24) is 10.2 Å². The molecule has 0 amide bonds. The quantitative estimate of drug-likeness (QED) is 0.485. The van der Waals surface area contributed by atoms with Crippen LogP contribution < -0.4 is 0 Å². The van der Waals surface area contributed by atoms with Gasteiger partial charge in [0.25, 0.3) is 0 Å². The molecule has 3 heteroatoms. The van der Waals surface area contributed by atoms with Crippen LogP contribution >= 0.6 is 0 Å². The number of aromatic amines is 1. The van der Waals surface area contributed by atoms with Crippen molar-refractivity contribution in [2.45, 2.75) is 46.0 Å². The number of carbonyl (C=O) groups is 1. The van der Waals surface area contributed by atoms with Gasteiger partial charge in [-0.25, -0.2) is 0 Å². The summed E-state index contributed by atoms with van der Waals surface area (Å²) in [6, 6.07) is 18.5. The summed E-state index contributed by atoms with van der Waals surface area (Å²) in [5, 5.41) is 7.65. The first-order chi connectivity index (χ1) is 13.6. The Morgan fingerprint density at radius 3 is 2.46 bits per heavy atom. The van der Waals surface area contributed by atoms with E-state index in [9.17, 15) is 4.79 Å². The maximum absolute atomic E-state index is 12.7. The minimum Gasteiger partial charge on any atom is -0.299 e. The second-order valence-electron chi connectivity index (χ2n) is 7.35. The number of allylic oxidation sites excluding steroid dienone is 1. The highest BCUT2D eigenvalue weighted by Crippen LogP contribution is 2.31. The SMILES string of the molecule is C=C(CCC)c1c(-c2ccccc2)n[nH]c1CC(=O)CCc1ccc(C)cc1.[HH]. The number of aryl methyl sites for hydroxylation is 2. The van der Waals surface area contributed by atoms with Gasteiger partial charge in [-0.2, -0.15) is 5.10 Å². The van der Waals surface area contributed by atoms with Crippen LogP contribution in [0.2, 0.25) is 0 Å². The number of rotatable bonds is 9. The number of carbonyl (C=O) groups excluding carboxylic acids is 1. The lowest BCUT2D eigenvalue weighted by Crippen LogP contribution is -2.06. The number of ketones is 1. The third kappa shape index (κ3) is 4.86. The van der Waals surface area contributed by atoms with Crippen LogP contribution in [0, 0.1) is 6.92 Å². The van der Waals surface area contributed by atoms with Crippen molar-refractivity contribution in [2.75, 3.05) is 0 Å². The highest BCUT2D eigenvalue weighted by Gasteiger charge is 2.19. The van der Waals surface area contributed by atoms with E-state index in [1.807, 2.05) is 30.3 Å². The Labute approximate surface area is 169 Å². The number of H-pyrrole nitrogens is 1. The first-order valence-electron chi connectivity index (χ1n) is 9.96. The van der Waals surface area contributed by atoms with E-state index in [1.54, 1.807) is 0 Å². The Bertz CT molecular complexity index is 943. The summed E-state index contributed by atoms with van der Waals surface area (Å²) < 4.78 is 0. The van der Waals surface area contributed by atoms with Gasteiger partial charge in [0.15, 0.2) is 0 Å². The van der Waals surface area contributed by atoms with Gasteiger partial charge in [0, 0.05) is 25.4 Å². The van der Waals surface area contributed by atoms with Crippen LogP contribution in [0.15, 0.2) is 61.2 Å². The zero-order valence-electron chi connectivity index (χ0n) is 16.8. The molecule has 3 nitrogen and oxygen atoms in total.